The first-order chi connectivity index (χ1) is 11.6. The van der Waals surface area contributed by atoms with Crippen molar-refractivity contribution in [1.82, 2.24) is 4.90 Å². The van der Waals surface area contributed by atoms with Gasteiger partial charge in [-0.3, -0.25) is 4.90 Å². The number of hydrogen-bond donors (Lipinski definition) is 1. The molecule has 4 nitrogen and oxygen atoms in total. The van der Waals surface area contributed by atoms with Crippen LogP contribution in [-0.4, -0.2) is 48.9 Å². The van der Waals surface area contributed by atoms with Crippen molar-refractivity contribution in [3.8, 4) is 0 Å². The third kappa shape index (κ3) is 3.65. The molecule has 7 heteroatoms. The SMILES string of the molecule is CC1(C)OB(C(F)=C(CN2CC(N)C2)c2ccc(F)cc2)OC1(C)C. The van der Waals surface area contributed by atoms with Gasteiger partial charge in [0.15, 0.2) is 0 Å². The minimum Gasteiger partial charge on any atom is -0.398 e. The zero-order valence-corrected chi connectivity index (χ0v) is 15.2. The molecular formula is C18H25BF2N2O2. The predicted molar refractivity (Wildman–Crippen MR) is 94.9 cm³/mol. The molecular weight excluding hydrogens is 325 g/mol. The third-order valence-electron chi connectivity index (χ3n) is 5.31. The maximum absolute atomic E-state index is 15.3. The summed E-state index contributed by atoms with van der Waals surface area (Å²) < 4.78 is 40.3. The van der Waals surface area contributed by atoms with Crippen molar-refractivity contribution in [3.05, 3.63) is 41.4 Å². The topological polar surface area (TPSA) is 47.7 Å². The normalized spacial score (nSPS) is 24.2. The van der Waals surface area contributed by atoms with Gasteiger partial charge in [0.2, 0.25) is 0 Å². The van der Waals surface area contributed by atoms with Gasteiger partial charge in [0.25, 0.3) is 0 Å². The van der Waals surface area contributed by atoms with Crippen LogP contribution in [0.3, 0.4) is 0 Å². The Balaban J connectivity index is 1.92. The lowest BCUT2D eigenvalue weighted by Gasteiger charge is -2.37. The number of likely N-dealkylation sites (tertiary alicyclic amines) is 1. The molecule has 2 N–H and O–H groups in total. The van der Waals surface area contributed by atoms with E-state index in [1.165, 1.54) is 12.1 Å². The Hall–Kier alpha value is -1.28. The van der Waals surface area contributed by atoms with Crippen LogP contribution in [0.2, 0.25) is 0 Å². The highest BCUT2D eigenvalue weighted by Gasteiger charge is 2.53. The highest BCUT2D eigenvalue weighted by molar-refractivity contribution is 6.55. The number of nitrogens with two attached hydrogens (primary N) is 1. The van der Waals surface area contributed by atoms with E-state index in [4.69, 9.17) is 15.0 Å². The molecule has 0 bridgehead atoms. The van der Waals surface area contributed by atoms with Crippen molar-refractivity contribution in [2.75, 3.05) is 19.6 Å². The average molecular weight is 350 g/mol. The molecule has 1 aromatic rings. The zero-order chi connectivity index (χ0) is 18.4. The van der Waals surface area contributed by atoms with Gasteiger partial charge in [0.05, 0.1) is 11.2 Å². The standard InChI is InChI=1S/C18H25BF2N2O2/c1-17(2)18(3,4)25-19(24-17)16(21)15(11-23-9-14(22)10-23)12-5-7-13(20)8-6-12/h5-8,14H,9-11,22H2,1-4H3. The lowest BCUT2D eigenvalue weighted by Crippen LogP contribution is -2.55. The van der Waals surface area contributed by atoms with Crippen molar-refractivity contribution in [2.45, 2.75) is 44.9 Å². The van der Waals surface area contributed by atoms with Crippen molar-refractivity contribution >= 4 is 12.7 Å². The summed E-state index contributed by atoms with van der Waals surface area (Å²) in [5, 5.41) is 0. The second-order valence-electron chi connectivity index (χ2n) is 7.88. The summed E-state index contributed by atoms with van der Waals surface area (Å²) in [7, 11) is -1.07. The molecule has 0 aliphatic carbocycles. The summed E-state index contributed by atoms with van der Waals surface area (Å²) in [5.74, 6) is -0.356. The van der Waals surface area contributed by atoms with Crippen molar-refractivity contribution < 1.29 is 18.1 Å². The highest BCUT2D eigenvalue weighted by atomic mass is 19.1. The van der Waals surface area contributed by atoms with Crippen LogP contribution in [0.4, 0.5) is 8.78 Å². The molecule has 0 unspecified atom stereocenters. The van der Waals surface area contributed by atoms with E-state index in [0.717, 1.165) is 0 Å². The van der Waals surface area contributed by atoms with Gasteiger partial charge in [-0.1, -0.05) is 12.1 Å². The summed E-state index contributed by atoms with van der Waals surface area (Å²) in [6.45, 7) is 9.33. The van der Waals surface area contributed by atoms with Gasteiger partial charge in [-0.15, -0.1) is 0 Å². The Labute approximate surface area is 148 Å². The van der Waals surface area contributed by atoms with Crippen LogP contribution in [0.5, 0.6) is 0 Å². The Bertz CT molecular complexity index is 654. The fourth-order valence-electron chi connectivity index (χ4n) is 3.01. The van der Waals surface area contributed by atoms with Gasteiger partial charge in [-0.25, -0.2) is 8.78 Å². The quantitative estimate of drug-likeness (QED) is 0.849. The number of benzene rings is 1. The first kappa shape index (κ1) is 18.5. The van der Waals surface area contributed by atoms with Crippen LogP contribution in [0.15, 0.2) is 30.0 Å². The molecule has 2 heterocycles. The summed E-state index contributed by atoms with van der Waals surface area (Å²) in [5.41, 5.74) is 5.18. The van der Waals surface area contributed by atoms with Gasteiger partial charge in [-0.2, -0.15) is 0 Å². The fraction of sp³-hybridized carbons (Fsp3) is 0.556. The Morgan fingerprint density at radius 2 is 1.68 bits per heavy atom. The molecule has 0 amide bonds. The highest BCUT2D eigenvalue weighted by Crippen LogP contribution is 2.40. The van der Waals surface area contributed by atoms with Crippen molar-refractivity contribution in [2.24, 2.45) is 5.73 Å². The first-order valence-electron chi connectivity index (χ1n) is 8.57. The van der Waals surface area contributed by atoms with Gasteiger partial charge < -0.3 is 15.0 Å². The molecule has 0 radical (unpaired) electrons. The van der Waals surface area contributed by atoms with Gasteiger partial charge >= 0.3 is 7.12 Å². The van der Waals surface area contributed by atoms with E-state index in [1.54, 1.807) is 12.1 Å². The molecule has 0 atom stereocenters. The molecule has 1 aromatic carbocycles. The molecule has 136 valence electrons. The van der Waals surface area contributed by atoms with E-state index in [0.29, 0.717) is 30.8 Å². The monoisotopic (exact) mass is 350 g/mol. The number of rotatable bonds is 4. The Morgan fingerprint density at radius 3 is 2.16 bits per heavy atom. The maximum atomic E-state index is 15.3. The summed E-state index contributed by atoms with van der Waals surface area (Å²) in [4.78, 5) is 2.05. The van der Waals surface area contributed by atoms with E-state index in [-0.39, 0.29) is 11.9 Å². The summed E-state index contributed by atoms with van der Waals surface area (Å²) in [6, 6.07) is 5.93. The minimum absolute atomic E-state index is 0.120. The molecule has 2 aliphatic heterocycles. The van der Waals surface area contributed by atoms with Gasteiger partial charge in [0.1, 0.15) is 11.5 Å². The van der Waals surface area contributed by atoms with Crippen LogP contribution >= 0.6 is 0 Å². The van der Waals surface area contributed by atoms with E-state index in [2.05, 4.69) is 0 Å². The molecule has 25 heavy (non-hydrogen) atoms. The van der Waals surface area contributed by atoms with Crippen molar-refractivity contribution in [3.63, 3.8) is 0 Å². The number of halogens is 2. The van der Waals surface area contributed by atoms with Crippen LogP contribution in [0.25, 0.3) is 5.57 Å². The van der Waals surface area contributed by atoms with Crippen LogP contribution in [0.1, 0.15) is 33.3 Å². The molecule has 2 saturated heterocycles. The second-order valence-corrected chi connectivity index (χ2v) is 7.88. The lowest BCUT2D eigenvalue weighted by molar-refractivity contribution is 0.00578. The lowest BCUT2D eigenvalue weighted by atomic mass is 9.82. The molecule has 2 aliphatic rings. The largest absolute Gasteiger partial charge is 0.525 e. The van der Waals surface area contributed by atoms with Crippen LogP contribution in [-0.2, 0) is 9.31 Å². The van der Waals surface area contributed by atoms with E-state index in [1.807, 2.05) is 32.6 Å². The van der Waals surface area contributed by atoms with Crippen molar-refractivity contribution in [1.29, 1.82) is 0 Å². The smallest absolute Gasteiger partial charge is 0.398 e. The number of nitrogens with zero attached hydrogens (tertiary/aromatic N) is 1. The predicted octanol–water partition coefficient (Wildman–Crippen LogP) is 2.78. The van der Waals surface area contributed by atoms with E-state index >= 15 is 4.39 Å². The Morgan fingerprint density at radius 1 is 1.16 bits per heavy atom. The average Bonchev–Trinajstić information content (AvgIpc) is 2.71. The molecule has 2 fully saturated rings. The van der Waals surface area contributed by atoms with Gasteiger partial charge in [-0.05, 0) is 45.4 Å². The van der Waals surface area contributed by atoms with E-state index in [9.17, 15) is 4.39 Å². The minimum atomic E-state index is -1.07. The van der Waals surface area contributed by atoms with Crippen LogP contribution < -0.4 is 5.73 Å². The van der Waals surface area contributed by atoms with Gasteiger partial charge in [0, 0.05) is 31.2 Å². The number of hydrogen-bond acceptors (Lipinski definition) is 4. The summed E-state index contributed by atoms with van der Waals surface area (Å²) in [6.07, 6.45) is 0. The molecule has 0 saturated carbocycles. The summed E-state index contributed by atoms with van der Waals surface area (Å²) >= 11 is 0. The van der Waals surface area contributed by atoms with Crippen LogP contribution in [0, 0.1) is 5.82 Å². The molecule has 0 spiro atoms. The first-order valence-corrected chi connectivity index (χ1v) is 8.57. The maximum Gasteiger partial charge on any atom is 0.525 e. The second kappa shape index (κ2) is 6.47. The fourth-order valence-corrected chi connectivity index (χ4v) is 3.01. The van der Waals surface area contributed by atoms with E-state index < -0.39 is 24.0 Å². The zero-order valence-electron chi connectivity index (χ0n) is 15.2. The third-order valence-corrected chi connectivity index (χ3v) is 5.31. The Kier molecular flexibility index (Phi) is 4.79. The molecule has 0 aromatic heterocycles. The molecule has 3 rings (SSSR count).